The first-order valence-corrected chi connectivity index (χ1v) is 7.13. The molecule has 0 aliphatic rings. The van der Waals surface area contributed by atoms with Crippen molar-refractivity contribution in [3.05, 3.63) is 55.6 Å². The summed E-state index contributed by atoms with van der Waals surface area (Å²) in [6.07, 6.45) is 0. The Hall–Kier alpha value is -0.980. The van der Waals surface area contributed by atoms with Gasteiger partial charge in [-0.2, -0.15) is 0 Å². The highest BCUT2D eigenvalue weighted by atomic mass is 127. The maximum atomic E-state index is 12.1. The average molecular weight is 407 g/mol. The largest absolute Gasteiger partial charge is 0.398 e. The molecular weight excluding hydrogens is 398 g/mol. The van der Waals surface area contributed by atoms with Crippen molar-refractivity contribution in [2.24, 2.45) is 0 Å². The van der Waals surface area contributed by atoms with Gasteiger partial charge in [0, 0.05) is 3.57 Å². The summed E-state index contributed by atoms with van der Waals surface area (Å²) in [4.78, 5) is 12.1. The quantitative estimate of drug-likeness (QED) is 0.572. The molecule has 2 rings (SSSR count). The zero-order valence-electron chi connectivity index (χ0n) is 9.58. The number of nitrogens with one attached hydrogen (secondary N) is 1. The summed E-state index contributed by atoms with van der Waals surface area (Å²) in [5.74, 6) is -0.347. The van der Waals surface area contributed by atoms with Crippen molar-refractivity contribution in [2.75, 3.05) is 11.1 Å². The molecule has 0 aliphatic carbocycles. The molecule has 2 aromatic carbocycles. The van der Waals surface area contributed by atoms with Crippen molar-refractivity contribution in [1.29, 1.82) is 0 Å². The molecule has 3 nitrogen and oxygen atoms in total. The van der Waals surface area contributed by atoms with Crippen LogP contribution in [0.2, 0.25) is 10.0 Å². The third-order valence-corrected chi connectivity index (χ3v) is 3.86. The van der Waals surface area contributed by atoms with Crippen LogP contribution in [0, 0.1) is 3.57 Å². The maximum absolute atomic E-state index is 12.1. The number of nitrogens with two attached hydrogens (primary N) is 1. The van der Waals surface area contributed by atoms with Gasteiger partial charge in [0.1, 0.15) is 0 Å². The Kier molecular flexibility index (Phi) is 4.54. The lowest BCUT2D eigenvalue weighted by Crippen LogP contribution is -2.13. The standard InChI is InChI=1S/C13H9Cl2IN2O/c14-9-6-7(16)4-5-11(9)18-13(19)8-2-1-3-10(17)12(8)15/h1-6H,17H2,(H,18,19). The van der Waals surface area contributed by atoms with Gasteiger partial charge in [-0.25, -0.2) is 0 Å². The van der Waals surface area contributed by atoms with Crippen molar-refractivity contribution in [3.8, 4) is 0 Å². The van der Waals surface area contributed by atoms with Gasteiger partial charge in [-0.1, -0.05) is 29.3 Å². The number of hydrogen-bond donors (Lipinski definition) is 2. The second-order valence-corrected chi connectivity index (χ2v) is 5.82. The van der Waals surface area contributed by atoms with E-state index in [2.05, 4.69) is 27.9 Å². The Bertz CT molecular complexity index is 647. The second-order valence-electron chi connectivity index (χ2n) is 3.79. The van der Waals surface area contributed by atoms with Crippen LogP contribution in [0.4, 0.5) is 11.4 Å². The molecule has 0 unspecified atom stereocenters. The summed E-state index contributed by atoms with van der Waals surface area (Å²) in [5, 5.41) is 3.42. The maximum Gasteiger partial charge on any atom is 0.257 e. The lowest BCUT2D eigenvalue weighted by Gasteiger charge is -2.09. The fourth-order valence-corrected chi connectivity index (χ4v) is 2.62. The summed E-state index contributed by atoms with van der Waals surface area (Å²) in [6.45, 7) is 0. The molecule has 1 amide bonds. The SMILES string of the molecule is Nc1cccc(C(=O)Nc2ccc(I)cc2Cl)c1Cl. The van der Waals surface area contributed by atoms with E-state index in [1.165, 1.54) is 0 Å². The van der Waals surface area contributed by atoms with E-state index in [9.17, 15) is 4.79 Å². The molecule has 0 bridgehead atoms. The fraction of sp³-hybridized carbons (Fsp3) is 0. The molecule has 0 aromatic heterocycles. The Morgan fingerprint density at radius 2 is 1.95 bits per heavy atom. The number of benzene rings is 2. The van der Waals surface area contributed by atoms with Gasteiger partial charge in [0.25, 0.3) is 5.91 Å². The number of nitrogen functional groups attached to an aromatic ring is 1. The molecule has 0 aliphatic heterocycles. The molecule has 2 aromatic rings. The van der Waals surface area contributed by atoms with E-state index in [-0.39, 0.29) is 10.9 Å². The van der Waals surface area contributed by atoms with Crippen LogP contribution in [0.3, 0.4) is 0 Å². The molecule has 0 fully saturated rings. The van der Waals surface area contributed by atoms with Crippen molar-refractivity contribution in [2.45, 2.75) is 0 Å². The van der Waals surface area contributed by atoms with E-state index in [4.69, 9.17) is 28.9 Å². The molecule has 19 heavy (non-hydrogen) atoms. The van der Waals surface area contributed by atoms with E-state index in [1.54, 1.807) is 30.3 Å². The summed E-state index contributed by atoms with van der Waals surface area (Å²) in [7, 11) is 0. The molecule has 3 N–H and O–H groups in total. The molecule has 0 radical (unpaired) electrons. The minimum atomic E-state index is -0.347. The van der Waals surface area contributed by atoms with E-state index in [1.807, 2.05) is 6.07 Å². The summed E-state index contributed by atoms with van der Waals surface area (Å²) in [5.41, 5.74) is 6.88. The van der Waals surface area contributed by atoms with Crippen molar-refractivity contribution >= 4 is 63.1 Å². The van der Waals surface area contributed by atoms with Crippen LogP contribution in [0.5, 0.6) is 0 Å². The second kappa shape index (κ2) is 5.98. The molecule has 6 heteroatoms. The Morgan fingerprint density at radius 3 is 2.63 bits per heavy atom. The van der Waals surface area contributed by atoms with Crippen LogP contribution >= 0.6 is 45.8 Å². The summed E-state index contributed by atoms with van der Waals surface area (Å²) in [6, 6.07) is 10.3. The fourth-order valence-electron chi connectivity index (χ4n) is 1.51. The predicted octanol–water partition coefficient (Wildman–Crippen LogP) is 4.43. The van der Waals surface area contributed by atoms with E-state index in [0.29, 0.717) is 22.0 Å². The van der Waals surface area contributed by atoms with E-state index < -0.39 is 0 Å². The number of amides is 1. The first-order valence-electron chi connectivity index (χ1n) is 5.29. The predicted molar refractivity (Wildman–Crippen MR) is 88.0 cm³/mol. The Morgan fingerprint density at radius 1 is 1.21 bits per heavy atom. The van der Waals surface area contributed by atoms with E-state index in [0.717, 1.165) is 3.57 Å². The molecule has 0 saturated carbocycles. The first kappa shape index (κ1) is 14.4. The summed E-state index contributed by atoms with van der Waals surface area (Å²) >= 11 is 14.2. The van der Waals surface area contributed by atoms with Crippen LogP contribution in [-0.4, -0.2) is 5.91 Å². The highest BCUT2D eigenvalue weighted by molar-refractivity contribution is 14.1. The van der Waals surface area contributed by atoms with Gasteiger partial charge >= 0.3 is 0 Å². The molecule has 98 valence electrons. The molecule has 0 spiro atoms. The van der Waals surface area contributed by atoms with Crippen molar-refractivity contribution < 1.29 is 4.79 Å². The zero-order chi connectivity index (χ0) is 14.0. The van der Waals surface area contributed by atoms with E-state index >= 15 is 0 Å². The van der Waals surface area contributed by atoms with Crippen molar-refractivity contribution in [3.63, 3.8) is 0 Å². The van der Waals surface area contributed by atoms with Crippen LogP contribution in [0.15, 0.2) is 36.4 Å². The third kappa shape index (κ3) is 3.32. The van der Waals surface area contributed by atoms with Gasteiger partial charge in [0.2, 0.25) is 0 Å². The van der Waals surface area contributed by atoms with Crippen LogP contribution in [0.25, 0.3) is 0 Å². The minimum absolute atomic E-state index is 0.238. The smallest absolute Gasteiger partial charge is 0.257 e. The van der Waals surface area contributed by atoms with Gasteiger partial charge in [-0.3, -0.25) is 4.79 Å². The molecule has 0 heterocycles. The number of halogens is 3. The molecular formula is C13H9Cl2IN2O. The van der Waals surface area contributed by atoms with Gasteiger partial charge in [0.05, 0.1) is 27.0 Å². The average Bonchev–Trinajstić information content (AvgIpc) is 2.36. The highest BCUT2D eigenvalue weighted by Gasteiger charge is 2.13. The van der Waals surface area contributed by atoms with Gasteiger partial charge in [0.15, 0.2) is 0 Å². The van der Waals surface area contributed by atoms with Gasteiger partial charge < -0.3 is 11.1 Å². The topological polar surface area (TPSA) is 55.1 Å². The number of anilines is 2. The van der Waals surface area contributed by atoms with Crippen LogP contribution < -0.4 is 11.1 Å². The Labute approximate surface area is 134 Å². The molecule has 0 atom stereocenters. The highest BCUT2D eigenvalue weighted by Crippen LogP contribution is 2.27. The number of hydrogen-bond acceptors (Lipinski definition) is 2. The minimum Gasteiger partial charge on any atom is -0.398 e. The van der Waals surface area contributed by atoms with Gasteiger partial charge in [-0.05, 0) is 52.9 Å². The van der Waals surface area contributed by atoms with Crippen molar-refractivity contribution in [1.82, 2.24) is 0 Å². The number of rotatable bonds is 2. The monoisotopic (exact) mass is 406 g/mol. The van der Waals surface area contributed by atoms with Gasteiger partial charge in [-0.15, -0.1) is 0 Å². The summed E-state index contributed by atoms with van der Waals surface area (Å²) < 4.78 is 0.989. The number of carbonyl (C=O) groups excluding carboxylic acids is 1. The normalized spacial score (nSPS) is 10.3. The lowest BCUT2D eigenvalue weighted by molar-refractivity contribution is 0.102. The third-order valence-electron chi connectivity index (χ3n) is 2.45. The van der Waals surface area contributed by atoms with Crippen LogP contribution in [0.1, 0.15) is 10.4 Å². The Balaban J connectivity index is 2.28. The zero-order valence-corrected chi connectivity index (χ0v) is 13.3. The van der Waals surface area contributed by atoms with Crippen LogP contribution in [-0.2, 0) is 0 Å². The lowest BCUT2D eigenvalue weighted by atomic mass is 10.2. The first-order chi connectivity index (χ1) is 8.99. The molecule has 0 saturated heterocycles. The number of carbonyl (C=O) groups is 1.